The molecule has 0 fully saturated rings. The molecular formula is C11H12F3N3O2. The molecule has 0 aliphatic heterocycles. The van der Waals surface area contributed by atoms with E-state index in [0.717, 1.165) is 0 Å². The number of fused-ring (bicyclic) bond motifs is 1. The third-order valence-corrected chi connectivity index (χ3v) is 2.21. The first-order valence-electron chi connectivity index (χ1n) is 5.63. The summed E-state index contributed by atoms with van der Waals surface area (Å²) in [6.45, 7) is -1.04. The highest BCUT2D eigenvalue weighted by molar-refractivity contribution is 5.38. The van der Waals surface area contributed by atoms with Crippen LogP contribution in [-0.2, 0) is 4.74 Å². The van der Waals surface area contributed by atoms with Crippen molar-refractivity contribution in [3.8, 4) is 6.01 Å². The molecule has 0 amide bonds. The van der Waals surface area contributed by atoms with E-state index in [1.165, 1.54) is 0 Å². The lowest BCUT2D eigenvalue weighted by atomic mass is 10.5. The zero-order valence-corrected chi connectivity index (χ0v) is 9.93. The number of halogens is 3. The van der Waals surface area contributed by atoms with E-state index >= 15 is 0 Å². The summed E-state index contributed by atoms with van der Waals surface area (Å²) in [5.41, 5.74) is 0.644. The lowest BCUT2D eigenvalue weighted by Gasteiger charge is -2.07. The van der Waals surface area contributed by atoms with Gasteiger partial charge in [-0.05, 0) is 12.1 Å². The number of hydrogen-bond acceptors (Lipinski definition) is 4. The van der Waals surface area contributed by atoms with Crippen molar-refractivity contribution in [2.75, 3.05) is 19.8 Å². The molecule has 0 unspecified atom stereocenters. The van der Waals surface area contributed by atoms with Crippen molar-refractivity contribution >= 4 is 5.65 Å². The van der Waals surface area contributed by atoms with E-state index in [4.69, 9.17) is 4.74 Å². The maximum atomic E-state index is 11.8. The van der Waals surface area contributed by atoms with E-state index in [9.17, 15) is 13.2 Å². The molecule has 5 nitrogen and oxygen atoms in total. The molecule has 2 rings (SSSR count). The minimum Gasteiger partial charge on any atom is -0.463 e. The first-order valence-corrected chi connectivity index (χ1v) is 5.63. The molecule has 0 aromatic carbocycles. The number of ether oxygens (including phenoxy) is 2. The van der Waals surface area contributed by atoms with E-state index in [2.05, 4.69) is 14.9 Å². The molecule has 19 heavy (non-hydrogen) atoms. The molecule has 0 saturated carbocycles. The van der Waals surface area contributed by atoms with Crippen LogP contribution in [0.4, 0.5) is 13.2 Å². The zero-order chi connectivity index (χ0) is 13.7. The normalized spacial score (nSPS) is 11.9. The number of hydrogen-bond donors (Lipinski definition) is 0. The van der Waals surface area contributed by atoms with Gasteiger partial charge in [0.2, 0.25) is 0 Å². The standard InChI is InChI=1S/C11H12F3N3O2/c12-11(13,14)8-18-6-3-7-19-10-16-15-9-4-1-2-5-17(9)10/h1-2,4-5H,3,6-8H2. The molecule has 2 aromatic rings. The Balaban J connectivity index is 1.71. The molecule has 0 bridgehead atoms. The molecule has 0 spiro atoms. The van der Waals surface area contributed by atoms with Crippen molar-refractivity contribution in [2.24, 2.45) is 0 Å². The molecular weight excluding hydrogens is 263 g/mol. The summed E-state index contributed by atoms with van der Waals surface area (Å²) in [5.74, 6) is 0. The van der Waals surface area contributed by atoms with Crippen molar-refractivity contribution < 1.29 is 22.6 Å². The van der Waals surface area contributed by atoms with E-state index in [1.807, 2.05) is 6.07 Å². The van der Waals surface area contributed by atoms with Crippen molar-refractivity contribution in [3.63, 3.8) is 0 Å². The summed E-state index contributed by atoms with van der Waals surface area (Å²) < 4.78 is 46.8. The fourth-order valence-electron chi connectivity index (χ4n) is 1.43. The van der Waals surface area contributed by atoms with Crippen LogP contribution in [0.3, 0.4) is 0 Å². The first kappa shape index (κ1) is 13.6. The van der Waals surface area contributed by atoms with Gasteiger partial charge in [-0.2, -0.15) is 13.2 Å². The molecule has 0 N–H and O–H groups in total. The molecule has 2 heterocycles. The average molecular weight is 275 g/mol. The maximum absolute atomic E-state index is 11.8. The predicted octanol–water partition coefficient (Wildman–Crippen LogP) is 2.08. The lowest BCUT2D eigenvalue weighted by Crippen LogP contribution is -2.18. The highest BCUT2D eigenvalue weighted by atomic mass is 19.4. The highest BCUT2D eigenvalue weighted by Gasteiger charge is 2.27. The number of nitrogens with zero attached hydrogens (tertiary/aromatic N) is 3. The molecule has 0 saturated heterocycles. The molecule has 2 aromatic heterocycles. The second-order valence-corrected chi connectivity index (χ2v) is 3.78. The first-order chi connectivity index (χ1) is 9.06. The number of pyridine rings is 1. The summed E-state index contributed by atoms with van der Waals surface area (Å²) in [4.78, 5) is 0. The van der Waals surface area contributed by atoms with E-state index in [0.29, 0.717) is 18.1 Å². The van der Waals surface area contributed by atoms with E-state index in [-0.39, 0.29) is 13.2 Å². The van der Waals surface area contributed by atoms with Gasteiger partial charge in [-0.3, -0.25) is 4.40 Å². The van der Waals surface area contributed by atoms with Gasteiger partial charge in [-0.1, -0.05) is 11.2 Å². The minimum absolute atomic E-state index is 0.0176. The molecule has 104 valence electrons. The highest BCUT2D eigenvalue weighted by Crippen LogP contribution is 2.14. The summed E-state index contributed by atoms with van der Waals surface area (Å²) in [6.07, 6.45) is -2.20. The van der Waals surface area contributed by atoms with Crippen molar-refractivity contribution in [1.29, 1.82) is 0 Å². The Bertz CT molecular complexity index is 527. The van der Waals surface area contributed by atoms with Gasteiger partial charge in [0.15, 0.2) is 5.65 Å². The van der Waals surface area contributed by atoms with Crippen LogP contribution in [0.1, 0.15) is 6.42 Å². The van der Waals surface area contributed by atoms with Crippen molar-refractivity contribution in [2.45, 2.75) is 12.6 Å². The molecule has 0 aliphatic carbocycles. The van der Waals surface area contributed by atoms with Crippen LogP contribution in [0.5, 0.6) is 6.01 Å². The van der Waals surface area contributed by atoms with Gasteiger partial charge in [0.1, 0.15) is 6.61 Å². The topological polar surface area (TPSA) is 48.7 Å². The van der Waals surface area contributed by atoms with Crippen LogP contribution < -0.4 is 4.74 Å². The Kier molecular flexibility index (Phi) is 4.20. The molecule has 0 atom stereocenters. The van der Waals surface area contributed by atoms with Gasteiger partial charge < -0.3 is 9.47 Å². The zero-order valence-electron chi connectivity index (χ0n) is 9.93. The van der Waals surface area contributed by atoms with Crippen molar-refractivity contribution in [1.82, 2.24) is 14.6 Å². The maximum Gasteiger partial charge on any atom is 0.411 e. The van der Waals surface area contributed by atoms with Gasteiger partial charge in [0.25, 0.3) is 0 Å². The Labute approximate surface area is 107 Å². The van der Waals surface area contributed by atoms with Crippen LogP contribution in [-0.4, -0.2) is 40.6 Å². The number of aromatic nitrogens is 3. The van der Waals surface area contributed by atoms with Crippen LogP contribution in [0.25, 0.3) is 5.65 Å². The van der Waals surface area contributed by atoms with Gasteiger partial charge in [0, 0.05) is 12.6 Å². The number of rotatable bonds is 6. The summed E-state index contributed by atoms with van der Waals surface area (Å²) in [6, 6.07) is 5.70. The van der Waals surface area contributed by atoms with E-state index in [1.54, 1.807) is 22.7 Å². The summed E-state index contributed by atoms with van der Waals surface area (Å²) >= 11 is 0. The quantitative estimate of drug-likeness (QED) is 0.757. The lowest BCUT2D eigenvalue weighted by molar-refractivity contribution is -0.174. The summed E-state index contributed by atoms with van der Waals surface area (Å²) in [5, 5.41) is 7.70. The fourth-order valence-corrected chi connectivity index (χ4v) is 1.43. The Morgan fingerprint density at radius 2 is 2.00 bits per heavy atom. The van der Waals surface area contributed by atoms with Crippen LogP contribution in [0.15, 0.2) is 24.4 Å². The second-order valence-electron chi connectivity index (χ2n) is 3.78. The van der Waals surface area contributed by atoms with Gasteiger partial charge in [-0.25, -0.2) is 0 Å². The minimum atomic E-state index is -4.29. The van der Waals surface area contributed by atoms with E-state index < -0.39 is 12.8 Å². The number of alkyl halides is 3. The summed E-state index contributed by atoms with van der Waals surface area (Å²) in [7, 11) is 0. The SMILES string of the molecule is FC(F)(F)COCCCOc1nnc2ccccn12. The Morgan fingerprint density at radius 3 is 2.79 bits per heavy atom. The molecule has 0 aliphatic rings. The molecule has 8 heteroatoms. The monoisotopic (exact) mass is 275 g/mol. The van der Waals surface area contributed by atoms with Gasteiger partial charge >= 0.3 is 12.2 Å². The van der Waals surface area contributed by atoms with Crippen LogP contribution in [0.2, 0.25) is 0 Å². The van der Waals surface area contributed by atoms with Crippen molar-refractivity contribution in [3.05, 3.63) is 24.4 Å². The fraction of sp³-hybridized carbons (Fsp3) is 0.455. The Hall–Kier alpha value is -1.83. The van der Waals surface area contributed by atoms with Crippen LogP contribution in [0, 0.1) is 0 Å². The molecule has 0 radical (unpaired) electrons. The predicted molar refractivity (Wildman–Crippen MR) is 60.0 cm³/mol. The van der Waals surface area contributed by atoms with Crippen LogP contribution >= 0.6 is 0 Å². The average Bonchev–Trinajstić information content (AvgIpc) is 2.76. The second kappa shape index (κ2) is 5.87. The van der Waals surface area contributed by atoms with Gasteiger partial charge in [-0.15, -0.1) is 5.10 Å². The smallest absolute Gasteiger partial charge is 0.411 e. The van der Waals surface area contributed by atoms with Gasteiger partial charge in [0.05, 0.1) is 13.2 Å². The third kappa shape index (κ3) is 4.09. The Morgan fingerprint density at radius 1 is 1.16 bits per heavy atom. The largest absolute Gasteiger partial charge is 0.463 e. The third-order valence-electron chi connectivity index (χ3n) is 2.21.